The van der Waals surface area contributed by atoms with E-state index in [2.05, 4.69) is 5.32 Å². The van der Waals surface area contributed by atoms with Gasteiger partial charge in [-0.15, -0.1) is 0 Å². The third-order valence-corrected chi connectivity index (χ3v) is 4.87. The summed E-state index contributed by atoms with van der Waals surface area (Å²) in [6.45, 7) is 4.87. The maximum Gasteiger partial charge on any atom is 0.266 e. The molecule has 180 valence electrons. The molecular formula is C28H28N2O5. The molecule has 0 saturated carbocycles. The van der Waals surface area contributed by atoms with E-state index in [4.69, 9.17) is 18.9 Å². The second-order valence-corrected chi connectivity index (χ2v) is 7.51. The van der Waals surface area contributed by atoms with E-state index < -0.39 is 5.91 Å². The van der Waals surface area contributed by atoms with Gasteiger partial charge in [0.15, 0.2) is 11.5 Å². The molecule has 0 aromatic heterocycles. The fourth-order valence-corrected chi connectivity index (χ4v) is 3.24. The molecule has 0 radical (unpaired) electrons. The summed E-state index contributed by atoms with van der Waals surface area (Å²) in [5, 5.41) is 12.3. The van der Waals surface area contributed by atoms with Crippen molar-refractivity contribution in [3.63, 3.8) is 0 Å². The van der Waals surface area contributed by atoms with Crippen molar-refractivity contribution in [1.29, 1.82) is 5.26 Å². The van der Waals surface area contributed by atoms with E-state index in [-0.39, 0.29) is 5.57 Å². The predicted octanol–water partition coefficient (Wildman–Crippen LogP) is 5.41. The molecule has 35 heavy (non-hydrogen) atoms. The van der Waals surface area contributed by atoms with Gasteiger partial charge in [0.05, 0.1) is 13.7 Å². The maximum absolute atomic E-state index is 12.6. The van der Waals surface area contributed by atoms with Crippen molar-refractivity contribution in [2.75, 3.05) is 32.2 Å². The first-order chi connectivity index (χ1) is 17.0. The zero-order valence-corrected chi connectivity index (χ0v) is 20.0. The number of hydrogen-bond donors (Lipinski definition) is 1. The summed E-state index contributed by atoms with van der Waals surface area (Å²) < 4.78 is 22.5. The first-order valence-electron chi connectivity index (χ1n) is 11.2. The minimum Gasteiger partial charge on any atom is -0.497 e. The lowest BCUT2D eigenvalue weighted by atomic mass is 10.1. The van der Waals surface area contributed by atoms with Crippen molar-refractivity contribution in [2.24, 2.45) is 0 Å². The number of ether oxygens (including phenoxy) is 4. The Morgan fingerprint density at radius 2 is 1.71 bits per heavy atom. The van der Waals surface area contributed by atoms with Crippen LogP contribution in [0, 0.1) is 18.3 Å². The van der Waals surface area contributed by atoms with Gasteiger partial charge in [-0.25, -0.2) is 0 Å². The summed E-state index contributed by atoms with van der Waals surface area (Å²) >= 11 is 0. The number of nitrogens with zero attached hydrogens (tertiary/aromatic N) is 1. The van der Waals surface area contributed by atoms with Crippen LogP contribution in [0.5, 0.6) is 23.0 Å². The Morgan fingerprint density at radius 1 is 0.943 bits per heavy atom. The van der Waals surface area contributed by atoms with E-state index in [0.717, 1.165) is 11.3 Å². The average Bonchev–Trinajstić information content (AvgIpc) is 2.86. The normalized spacial score (nSPS) is 10.7. The number of nitriles is 1. The smallest absolute Gasteiger partial charge is 0.266 e. The molecule has 0 aliphatic heterocycles. The third-order valence-electron chi connectivity index (χ3n) is 4.87. The van der Waals surface area contributed by atoms with E-state index in [9.17, 15) is 10.1 Å². The summed E-state index contributed by atoms with van der Waals surface area (Å²) in [5.74, 6) is 1.98. The highest BCUT2D eigenvalue weighted by Crippen LogP contribution is 2.29. The number of amides is 1. The number of methoxy groups -OCH3 is 1. The fraction of sp³-hybridized carbons (Fsp3) is 0.214. The fourth-order valence-electron chi connectivity index (χ4n) is 3.24. The number of benzene rings is 3. The number of aryl methyl sites for hydroxylation is 1. The molecule has 0 unspecified atom stereocenters. The highest BCUT2D eigenvalue weighted by molar-refractivity contribution is 6.09. The lowest BCUT2D eigenvalue weighted by molar-refractivity contribution is -0.112. The number of rotatable bonds is 11. The monoisotopic (exact) mass is 472 g/mol. The lowest BCUT2D eigenvalue weighted by Gasteiger charge is -2.13. The van der Waals surface area contributed by atoms with Crippen LogP contribution in [0.4, 0.5) is 5.69 Å². The predicted molar refractivity (Wildman–Crippen MR) is 135 cm³/mol. The molecule has 0 heterocycles. The largest absolute Gasteiger partial charge is 0.497 e. The van der Waals surface area contributed by atoms with Crippen LogP contribution in [-0.2, 0) is 4.79 Å². The molecule has 1 N–H and O–H groups in total. The Morgan fingerprint density at radius 3 is 2.46 bits per heavy atom. The molecule has 3 rings (SSSR count). The summed E-state index contributed by atoms with van der Waals surface area (Å²) in [4.78, 5) is 12.6. The summed E-state index contributed by atoms with van der Waals surface area (Å²) in [6.07, 6.45) is 1.52. The Kier molecular flexibility index (Phi) is 9.14. The number of anilines is 1. The Hall–Kier alpha value is -4.44. The third kappa shape index (κ3) is 7.54. The molecule has 0 atom stereocenters. The van der Waals surface area contributed by atoms with E-state index in [1.807, 2.05) is 56.3 Å². The minimum atomic E-state index is -0.480. The van der Waals surface area contributed by atoms with Crippen molar-refractivity contribution in [2.45, 2.75) is 13.8 Å². The first-order valence-corrected chi connectivity index (χ1v) is 11.2. The molecule has 1 amide bonds. The molecule has 0 saturated heterocycles. The van der Waals surface area contributed by atoms with E-state index in [0.29, 0.717) is 48.3 Å². The quantitative estimate of drug-likeness (QED) is 0.228. The van der Waals surface area contributed by atoms with Gasteiger partial charge >= 0.3 is 0 Å². The van der Waals surface area contributed by atoms with Gasteiger partial charge in [-0.3, -0.25) is 4.79 Å². The molecule has 0 fully saturated rings. The van der Waals surface area contributed by atoms with Crippen LogP contribution in [0.3, 0.4) is 0 Å². The molecule has 0 aliphatic carbocycles. The molecule has 0 aliphatic rings. The number of hydrogen-bond acceptors (Lipinski definition) is 6. The van der Waals surface area contributed by atoms with Crippen LogP contribution in [0.15, 0.2) is 72.3 Å². The zero-order chi connectivity index (χ0) is 25.0. The SMILES string of the molecule is CCOc1cc(/C=C(\C#N)C(=O)Nc2cccc(C)c2)ccc1OCCOc1cccc(OC)c1. The molecule has 3 aromatic rings. The standard InChI is InChI=1S/C28H28N2O5/c1-4-33-27-17-21(16-22(19-29)28(31)30-23-8-5-7-20(2)15-23)11-12-26(27)35-14-13-34-25-10-6-9-24(18-25)32-3/h5-12,15-18H,4,13-14H2,1-3H3,(H,30,31)/b22-16+. The first kappa shape index (κ1) is 25.2. The Balaban J connectivity index is 1.66. The molecule has 7 nitrogen and oxygen atoms in total. The summed E-state index contributed by atoms with van der Waals surface area (Å²) in [7, 11) is 1.60. The molecule has 7 heteroatoms. The Bertz CT molecular complexity index is 1230. The van der Waals surface area contributed by atoms with Gasteiger partial charge in [-0.1, -0.05) is 24.3 Å². The van der Waals surface area contributed by atoms with Gasteiger partial charge in [0.1, 0.15) is 36.4 Å². The van der Waals surface area contributed by atoms with Crippen LogP contribution in [0.25, 0.3) is 6.08 Å². The number of nitrogens with one attached hydrogen (secondary N) is 1. The van der Waals surface area contributed by atoms with Crippen molar-refractivity contribution in [3.05, 3.63) is 83.4 Å². The van der Waals surface area contributed by atoms with Crippen LogP contribution in [0.1, 0.15) is 18.1 Å². The van der Waals surface area contributed by atoms with Crippen molar-refractivity contribution in [1.82, 2.24) is 0 Å². The van der Waals surface area contributed by atoms with E-state index >= 15 is 0 Å². The number of carbonyl (C=O) groups excluding carboxylic acids is 1. The Labute approximate surface area is 205 Å². The molecular weight excluding hydrogens is 444 g/mol. The highest BCUT2D eigenvalue weighted by Gasteiger charge is 2.12. The van der Waals surface area contributed by atoms with Crippen LogP contribution in [-0.4, -0.2) is 32.8 Å². The van der Waals surface area contributed by atoms with Gasteiger partial charge in [-0.05, 0) is 67.4 Å². The zero-order valence-electron chi connectivity index (χ0n) is 20.0. The molecule has 0 spiro atoms. The maximum atomic E-state index is 12.6. The van der Waals surface area contributed by atoms with Gasteiger partial charge in [0.25, 0.3) is 5.91 Å². The van der Waals surface area contributed by atoms with Crippen LogP contribution < -0.4 is 24.3 Å². The number of carbonyl (C=O) groups is 1. The van der Waals surface area contributed by atoms with Gasteiger partial charge in [0, 0.05) is 11.8 Å². The second kappa shape index (κ2) is 12.7. The summed E-state index contributed by atoms with van der Waals surface area (Å²) in [5.41, 5.74) is 2.26. The van der Waals surface area contributed by atoms with Gasteiger partial charge in [0.2, 0.25) is 0 Å². The van der Waals surface area contributed by atoms with E-state index in [1.165, 1.54) is 6.08 Å². The summed E-state index contributed by atoms with van der Waals surface area (Å²) in [6, 6.07) is 21.9. The van der Waals surface area contributed by atoms with Crippen molar-refractivity contribution in [3.8, 4) is 29.1 Å². The van der Waals surface area contributed by atoms with Crippen LogP contribution in [0.2, 0.25) is 0 Å². The van der Waals surface area contributed by atoms with Crippen molar-refractivity contribution < 1.29 is 23.7 Å². The molecule has 3 aromatic carbocycles. The van der Waals surface area contributed by atoms with Crippen LogP contribution >= 0.6 is 0 Å². The minimum absolute atomic E-state index is 0.0192. The lowest BCUT2D eigenvalue weighted by Crippen LogP contribution is -2.13. The topological polar surface area (TPSA) is 89.8 Å². The van der Waals surface area contributed by atoms with E-state index in [1.54, 1.807) is 37.4 Å². The molecule has 0 bridgehead atoms. The second-order valence-electron chi connectivity index (χ2n) is 7.51. The highest BCUT2D eigenvalue weighted by atomic mass is 16.5. The average molecular weight is 473 g/mol. The van der Waals surface area contributed by atoms with Gasteiger partial charge in [-0.2, -0.15) is 5.26 Å². The van der Waals surface area contributed by atoms with Gasteiger partial charge < -0.3 is 24.3 Å². The van der Waals surface area contributed by atoms with Crippen molar-refractivity contribution >= 4 is 17.7 Å².